The molecular formula is C11H14FN3O2. The Morgan fingerprint density at radius 2 is 2.12 bits per heavy atom. The van der Waals surface area contributed by atoms with Crippen molar-refractivity contribution in [2.24, 2.45) is 5.73 Å². The van der Waals surface area contributed by atoms with E-state index in [1.807, 2.05) is 0 Å². The molecule has 0 aliphatic carbocycles. The van der Waals surface area contributed by atoms with E-state index in [1.165, 1.54) is 6.07 Å². The number of nitrogens with one attached hydrogen (secondary N) is 1. The van der Waals surface area contributed by atoms with Crippen LogP contribution >= 0.6 is 0 Å². The number of aromatic nitrogens is 1. The van der Waals surface area contributed by atoms with Crippen molar-refractivity contribution in [1.82, 2.24) is 10.3 Å². The quantitative estimate of drug-likeness (QED) is 0.755. The van der Waals surface area contributed by atoms with Crippen LogP contribution in [0.1, 0.15) is 30.6 Å². The van der Waals surface area contributed by atoms with Gasteiger partial charge in [0, 0.05) is 18.2 Å². The van der Waals surface area contributed by atoms with Gasteiger partial charge in [-0.15, -0.1) is 0 Å². The maximum atomic E-state index is 12.6. The smallest absolute Gasteiger partial charge is 0.253 e. The molecule has 0 aromatic carbocycles. The van der Waals surface area contributed by atoms with Crippen molar-refractivity contribution in [3.8, 4) is 0 Å². The van der Waals surface area contributed by atoms with Crippen LogP contribution in [0, 0.1) is 5.95 Å². The molecule has 0 bridgehead atoms. The second-order valence-corrected chi connectivity index (χ2v) is 4.35. The van der Waals surface area contributed by atoms with Gasteiger partial charge in [-0.05, 0) is 26.0 Å². The predicted molar refractivity (Wildman–Crippen MR) is 59.6 cm³/mol. The highest BCUT2D eigenvalue weighted by molar-refractivity contribution is 5.94. The molecule has 0 saturated carbocycles. The number of hydrogen-bond donors (Lipinski definition) is 2. The second kappa shape index (κ2) is 4.90. The van der Waals surface area contributed by atoms with Crippen molar-refractivity contribution in [3.05, 3.63) is 29.8 Å². The van der Waals surface area contributed by atoms with E-state index in [1.54, 1.807) is 13.8 Å². The predicted octanol–water partition coefficient (Wildman–Crippen LogP) is 0.605. The minimum Gasteiger partial charge on any atom is -0.370 e. The fourth-order valence-electron chi connectivity index (χ4n) is 1.37. The summed E-state index contributed by atoms with van der Waals surface area (Å²) in [5.74, 6) is -1.59. The van der Waals surface area contributed by atoms with E-state index in [-0.39, 0.29) is 12.0 Å². The van der Waals surface area contributed by atoms with Crippen molar-refractivity contribution in [1.29, 1.82) is 0 Å². The maximum Gasteiger partial charge on any atom is 0.253 e. The summed E-state index contributed by atoms with van der Waals surface area (Å²) in [5.41, 5.74) is 4.53. The third-order valence-corrected chi connectivity index (χ3v) is 2.06. The number of primary amides is 1. The van der Waals surface area contributed by atoms with Gasteiger partial charge in [0.25, 0.3) is 5.91 Å². The highest BCUT2D eigenvalue weighted by Crippen LogP contribution is 2.09. The van der Waals surface area contributed by atoms with Crippen LogP contribution in [-0.4, -0.2) is 22.3 Å². The number of carbonyl (C=O) groups is 2. The summed E-state index contributed by atoms with van der Waals surface area (Å²) in [6.45, 7) is 3.35. The first kappa shape index (κ1) is 13.1. The van der Waals surface area contributed by atoms with Crippen LogP contribution in [0.15, 0.2) is 18.3 Å². The molecule has 17 heavy (non-hydrogen) atoms. The first-order chi connectivity index (χ1) is 7.80. The zero-order chi connectivity index (χ0) is 13.1. The lowest BCUT2D eigenvalue weighted by atomic mass is 10.00. The van der Waals surface area contributed by atoms with Gasteiger partial charge >= 0.3 is 0 Å². The van der Waals surface area contributed by atoms with Gasteiger partial charge in [0.1, 0.15) is 0 Å². The summed E-state index contributed by atoms with van der Waals surface area (Å²) in [4.78, 5) is 25.9. The molecule has 92 valence electrons. The van der Waals surface area contributed by atoms with Gasteiger partial charge in [-0.25, -0.2) is 4.98 Å². The van der Waals surface area contributed by atoms with Crippen LogP contribution in [0.3, 0.4) is 0 Å². The van der Waals surface area contributed by atoms with Gasteiger partial charge in [0.05, 0.1) is 5.56 Å². The summed E-state index contributed by atoms with van der Waals surface area (Å²) < 4.78 is 12.6. The number of rotatable bonds is 4. The Kier molecular flexibility index (Phi) is 3.77. The third-order valence-electron chi connectivity index (χ3n) is 2.06. The van der Waals surface area contributed by atoms with E-state index < -0.39 is 23.3 Å². The van der Waals surface area contributed by atoms with E-state index in [0.717, 1.165) is 12.3 Å². The van der Waals surface area contributed by atoms with Crippen molar-refractivity contribution < 1.29 is 14.0 Å². The molecule has 5 nitrogen and oxygen atoms in total. The Balaban J connectivity index is 2.72. The van der Waals surface area contributed by atoms with Crippen molar-refractivity contribution in [3.63, 3.8) is 0 Å². The van der Waals surface area contributed by atoms with Crippen molar-refractivity contribution in [2.45, 2.75) is 25.8 Å². The lowest BCUT2D eigenvalue weighted by Crippen LogP contribution is -2.46. The molecule has 0 spiro atoms. The van der Waals surface area contributed by atoms with Gasteiger partial charge in [-0.1, -0.05) is 0 Å². The molecule has 1 aromatic rings. The molecule has 0 atom stereocenters. The van der Waals surface area contributed by atoms with Crippen LogP contribution in [0.5, 0.6) is 0 Å². The van der Waals surface area contributed by atoms with Gasteiger partial charge in [-0.3, -0.25) is 9.59 Å². The number of pyridine rings is 1. The summed E-state index contributed by atoms with van der Waals surface area (Å²) in [7, 11) is 0. The summed E-state index contributed by atoms with van der Waals surface area (Å²) in [6.07, 6.45) is 1.15. The Labute approximate surface area is 98.2 Å². The Bertz CT molecular complexity index is 429. The Hall–Kier alpha value is -1.98. The molecule has 0 unspecified atom stereocenters. The number of carbonyl (C=O) groups excluding carboxylic acids is 2. The first-order valence-electron chi connectivity index (χ1n) is 5.02. The van der Waals surface area contributed by atoms with E-state index >= 15 is 0 Å². The molecule has 3 N–H and O–H groups in total. The first-order valence-corrected chi connectivity index (χ1v) is 5.02. The zero-order valence-corrected chi connectivity index (χ0v) is 9.66. The molecule has 1 heterocycles. The van der Waals surface area contributed by atoms with E-state index in [0.29, 0.717) is 0 Å². The van der Waals surface area contributed by atoms with E-state index in [4.69, 9.17) is 5.73 Å². The minimum absolute atomic E-state index is 0.0212. The van der Waals surface area contributed by atoms with Gasteiger partial charge < -0.3 is 11.1 Å². The van der Waals surface area contributed by atoms with Crippen molar-refractivity contribution >= 4 is 11.8 Å². The highest BCUT2D eigenvalue weighted by Gasteiger charge is 2.23. The molecule has 6 heteroatoms. The molecule has 0 fully saturated rings. The van der Waals surface area contributed by atoms with Crippen LogP contribution in [-0.2, 0) is 4.79 Å². The monoisotopic (exact) mass is 239 g/mol. The SMILES string of the molecule is CC(C)(CC(N)=O)NC(=O)c1ccc(F)nc1. The number of amides is 2. The lowest BCUT2D eigenvalue weighted by molar-refractivity contribution is -0.119. The molecule has 2 amide bonds. The van der Waals surface area contributed by atoms with E-state index in [2.05, 4.69) is 10.3 Å². The Morgan fingerprint density at radius 1 is 1.47 bits per heavy atom. The summed E-state index contributed by atoms with van der Waals surface area (Å²) in [5, 5.41) is 2.62. The van der Waals surface area contributed by atoms with E-state index in [9.17, 15) is 14.0 Å². The average molecular weight is 239 g/mol. The molecule has 1 aromatic heterocycles. The Morgan fingerprint density at radius 3 is 2.59 bits per heavy atom. The number of nitrogens with two attached hydrogens (primary N) is 1. The van der Waals surface area contributed by atoms with Crippen LogP contribution < -0.4 is 11.1 Å². The largest absolute Gasteiger partial charge is 0.370 e. The molecule has 0 aliphatic rings. The topological polar surface area (TPSA) is 85.1 Å². The maximum absolute atomic E-state index is 12.6. The fourth-order valence-corrected chi connectivity index (χ4v) is 1.37. The molecule has 0 aliphatic heterocycles. The van der Waals surface area contributed by atoms with Crippen LogP contribution in [0.2, 0.25) is 0 Å². The minimum atomic E-state index is -0.753. The third kappa shape index (κ3) is 4.18. The van der Waals surface area contributed by atoms with Gasteiger partial charge in [0.2, 0.25) is 11.9 Å². The standard InChI is InChI=1S/C11H14FN3O2/c1-11(2,5-9(13)16)15-10(17)7-3-4-8(12)14-6-7/h3-4,6H,5H2,1-2H3,(H2,13,16)(H,15,17). The fraction of sp³-hybridized carbons (Fsp3) is 0.364. The van der Waals surface area contributed by atoms with Crippen LogP contribution in [0.4, 0.5) is 4.39 Å². The number of nitrogens with zero attached hydrogens (tertiary/aromatic N) is 1. The van der Waals surface area contributed by atoms with Crippen LogP contribution in [0.25, 0.3) is 0 Å². The molecule has 1 rings (SSSR count). The normalized spacial score (nSPS) is 11.0. The zero-order valence-electron chi connectivity index (χ0n) is 9.66. The summed E-state index contributed by atoms with van der Waals surface area (Å²) >= 11 is 0. The molecule has 0 saturated heterocycles. The summed E-state index contributed by atoms with van der Waals surface area (Å²) in [6, 6.07) is 2.41. The highest BCUT2D eigenvalue weighted by atomic mass is 19.1. The van der Waals surface area contributed by atoms with Gasteiger partial charge in [0.15, 0.2) is 0 Å². The second-order valence-electron chi connectivity index (χ2n) is 4.35. The average Bonchev–Trinajstić information content (AvgIpc) is 2.15. The number of halogens is 1. The van der Waals surface area contributed by atoms with Gasteiger partial charge in [-0.2, -0.15) is 4.39 Å². The van der Waals surface area contributed by atoms with Crippen molar-refractivity contribution in [2.75, 3.05) is 0 Å². The molecular weight excluding hydrogens is 225 g/mol. The lowest BCUT2D eigenvalue weighted by Gasteiger charge is -2.24. The number of hydrogen-bond acceptors (Lipinski definition) is 3. The molecule has 0 radical (unpaired) electrons.